The predicted molar refractivity (Wildman–Crippen MR) is 331 cm³/mol. The van der Waals surface area contributed by atoms with Crippen molar-refractivity contribution in [3.63, 3.8) is 0 Å². The van der Waals surface area contributed by atoms with Crippen molar-refractivity contribution in [3.05, 3.63) is 186 Å². The number of hydrogen-bond donors (Lipinski definition) is 1. The van der Waals surface area contributed by atoms with Crippen molar-refractivity contribution in [1.29, 1.82) is 15.8 Å². The predicted octanol–water partition coefficient (Wildman–Crippen LogP) is 17.0. The molecule has 0 fully saturated rings. The minimum atomic E-state index is -0.677. The van der Waals surface area contributed by atoms with Crippen LogP contribution in [0, 0.1) is 44.8 Å². The van der Waals surface area contributed by atoms with E-state index >= 15 is 0 Å². The van der Waals surface area contributed by atoms with Gasteiger partial charge >= 0.3 is 17.9 Å². The SMILES string of the molecule is CCCC(C)(CC)C(=O)OCCOc1ccc(C(=O)Nc2ccc(N=Nc3ccc(C#N)cc3)cc2)cc1.CCCC(C)(CC)C(=O)OCCOc1ccc(C(=O)Oc2cc(OC)c(N=Nc3ccc(C#N)cc3)cc2N=Nc2ccc(C#N)cc2)cc1. The zero-order valence-corrected chi connectivity index (χ0v) is 50.2. The van der Waals surface area contributed by atoms with E-state index in [2.05, 4.69) is 61.1 Å². The minimum Gasteiger partial charge on any atom is -0.494 e. The third kappa shape index (κ3) is 19.9. The molecule has 450 valence electrons. The summed E-state index contributed by atoms with van der Waals surface area (Å²) < 4.78 is 33.5. The van der Waals surface area contributed by atoms with Crippen molar-refractivity contribution in [3.8, 4) is 41.2 Å². The topological polar surface area (TPSA) is 281 Å². The van der Waals surface area contributed by atoms with Gasteiger partial charge in [-0.1, -0.05) is 40.5 Å². The fourth-order valence-electron chi connectivity index (χ4n) is 8.34. The molecule has 0 saturated carbocycles. The van der Waals surface area contributed by atoms with E-state index < -0.39 is 16.8 Å². The second-order valence-electron chi connectivity index (χ2n) is 20.3. The second-order valence-corrected chi connectivity index (χ2v) is 20.3. The van der Waals surface area contributed by atoms with Crippen molar-refractivity contribution in [2.24, 2.45) is 41.5 Å². The van der Waals surface area contributed by atoms with E-state index in [1.54, 1.807) is 146 Å². The van der Waals surface area contributed by atoms with E-state index in [1.807, 2.05) is 34.6 Å². The van der Waals surface area contributed by atoms with Gasteiger partial charge in [-0.3, -0.25) is 14.4 Å². The Morgan fingerprint density at radius 2 is 0.841 bits per heavy atom. The Balaban J connectivity index is 0.000000292. The number of carbonyl (C=O) groups is 4. The van der Waals surface area contributed by atoms with Crippen LogP contribution in [0.5, 0.6) is 23.0 Å². The van der Waals surface area contributed by atoms with E-state index in [0.717, 1.165) is 32.1 Å². The molecule has 7 aromatic carbocycles. The van der Waals surface area contributed by atoms with Crippen molar-refractivity contribution in [2.75, 3.05) is 38.9 Å². The largest absolute Gasteiger partial charge is 0.494 e. The third-order valence-corrected chi connectivity index (χ3v) is 13.9. The summed E-state index contributed by atoms with van der Waals surface area (Å²) in [7, 11) is 1.44. The average molecular weight is 1190 g/mol. The monoisotopic (exact) mass is 1180 g/mol. The van der Waals surface area contributed by atoms with Crippen LogP contribution in [0.3, 0.4) is 0 Å². The number of ether oxygens (including phenoxy) is 6. The van der Waals surface area contributed by atoms with E-state index in [1.165, 1.54) is 19.2 Å². The summed E-state index contributed by atoms with van der Waals surface area (Å²) in [5.41, 5.74) is 4.55. The molecule has 20 heteroatoms. The first-order chi connectivity index (χ1) is 42.6. The van der Waals surface area contributed by atoms with E-state index in [4.69, 9.17) is 44.2 Å². The number of esters is 3. The zero-order chi connectivity index (χ0) is 63.3. The molecule has 0 heterocycles. The number of nitrogens with one attached hydrogen (secondary N) is 1. The summed E-state index contributed by atoms with van der Waals surface area (Å²) in [6.45, 7) is 12.6. The van der Waals surface area contributed by atoms with Gasteiger partial charge in [0, 0.05) is 23.4 Å². The molecule has 7 rings (SSSR count). The Morgan fingerprint density at radius 3 is 1.22 bits per heavy atom. The summed E-state index contributed by atoms with van der Waals surface area (Å²) in [5, 5.41) is 55.2. The highest BCUT2D eigenvalue weighted by atomic mass is 16.6. The lowest BCUT2D eigenvalue weighted by atomic mass is 9.83. The Labute approximate surface area is 512 Å². The molecule has 0 radical (unpaired) electrons. The van der Waals surface area contributed by atoms with Crippen molar-refractivity contribution < 1.29 is 47.6 Å². The lowest BCUT2D eigenvalue weighted by Gasteiger charge is -2.25. The Kier molecular flexibility index (Phi) is 25.2. The molecule has 0 saturated heterocycles. The van der Waals surface area contributed by atoms with Gasteiger partial charge in [-0.15, -0.1) is 10.2 Å². The standard InChI is InChI=1S/C38H36N6O6.C30H32N4O4/c1-5-19-38(3,6-2)37(46)49-21-20-48-31-17-11-28(12-18-31)36(45)50-35-23-34(47-4)32(43-41-29-13-7-26(24-39)8-14-29)22-33(35)44-42-30-15-9-27(25-40)10-16-30;1-4-18-30(3,5-2)29(36)38-20-19-37-27-16-8-23(9-17-27)28(35)32-24-12-14-26(15-13-24)34-33-25-10-6-22(21-31)7-11-25/h7-18,22-23H,5-6,19-21H2,1-4H3;6-17H,4-5,18-20H2,1-3H3,(H,32,35). The smallest absolute Gasteiger partial charge is 0.343 e. The maximum Gasteiger partial charge on any atom is 0.343 e. The average Bonchev–Trinajstić information content (AvgIpc) is 3.70. The van der Waals surface area contributed by atoms with E-state index in [0.29, 0.717) is 68.6 Å². The Bertz CT molecular complexity index is 3690. The van der Waals surface area contributed by atoms with Crippen LogP contribution in [0.2, 0.25) is 0 Å². The van der Waals surface area contributed by atoms with Gasteiger partial charge in [0.2, 0.25) is 0 Å². The number of amides is 1. The molecule has 1 N–H and O–H groups in total. The highest BCUT2D eigenvalue weighted by Gasteiger charge is 2.33. The highest BCUT2D eigenvalue weighted by Crippen LogP contribution is 2.42. The molecule has 7 aromatic rings. The van der Waals surface area contributed by atoms with Gasteiger partial charge in [-0.05, 0) is 185 Å². The number of carbonyl (C=O) groups excluding carboxylic acids is 4. The van der Waals surface area contributed by atoms with E-state index in [-0.39, 0.29) is 72.7 Å². The van der Waals surface area contributed by atoms with Crippen LogP contribution in [0.4, 0.5) is 39.8 Å². The molecule has 2 atom stereocenters. The molecule has 0 aromatic heterocycles. The maximum absolute atomic E-state index is 13.3. The summed E-state index contributed by atoms with van der Waals surface area (Å²) in [6, 6.07) is 49.0. The van der Waals surface area contributed by atoms with Crippen LogP contribution in [0.15, 0.2) is 188 Å². The summed E-state index contributed by atoms with van der Waals surface area (Å²) in [4.78, 5) is 50.7. The number of anilines is 1. The van der Waals surface area contributed by atoms with Crippen molar-refractivity contribution in [2.45, 2.75) is 80.1 Å². The van der Waals surface area contributed by atoms with E-state index in [9.17, 15) is 19.2 Å². The van der Waals surface area contributed by atoms with Gasteiger partial charge in [0.25, 0.3) is 5.91 Å². The van der Waals surface area contributed by atoms with Gasteiger partial charge in [0.15, 0.2) is 5.75 Å². The Hall–Kier alpha value is -10.9. The van der Waals surface area contributed by atoms with Gasteiger partial charge in [0.05, 0.1) is 81.2 Å². The van der Waals surface area contributed by atoms with Crippen LogP contribution in [-0.2, 0) is 19.1 Å². The fraction of sp³-hybridized carbons (Fsp3) is 0.279. The van der Waals surface area contributed by atoms with Gasteiger partial charge in [-0.2, -0.15) is 36.2 Å². The number of azo groups is 3. The number of nitrogens with zero attached hydrogens (tertiary/aromatic N) is 9. The van der Waals surface area contributed by atoms with Crippen molar-refractivity contribution in [1.82, 2.24) is 0 Å². The first-order valence-corrected chi connectivity index (χ1v) is 28.5. The molecule has 0 aliphatic carbocycles. The zero-order valence-electron chi connectivity index (χ0n) is 50.2. The van der Waals surface area contributed by atoms with Crippen LogP contribution >= 0.6 is 0 Å². The normalized spacial score (nSPS) is 12.2. The molecule has 2 unspecified atom stereocenters. The van der Waals surface area contributed by atoms with Crippen LogP contribution in [-0.4, -0.2) is 57.4 Å². The molecular formula is C68H68N10O10. The minimum absolute atomic E-state index is 0.0471. The Morgan fingerprint density at radius 1 is 0.466 bits per heavy atom. The van der Waals surface area contributed by atoms with Crippen LogP contribution < -0.4 is 24.3 Å². The van der Waals surface area contributed by atoms with Crippen LogP contribution in [0.1, 0.15) is 117 Å². The van der Waals surface area contributed by atoms with Gasteiger partial charge < -0.3 is 33.7 Å². The number of hydrogen-bond acceptors (Lipinski definition) is 19. The number of methoxy groups -OCH3 is 1. The number of rotatable bonds is 27. The molecule has 0 aliphatic heterocycles. The highest BCUT2D eigenvalue weighted by molar-refractivity contribution is 6.04. The molecule has 0 spiro atoms. The first kappa shape index (κ1) is 66.2. The lowest BCUT2D eigenvalue weighted by Crippen LogP contribution is -2.30. The molecular weight excluding hydrogens is 1120 g/mol. The van der Waals surface area contributed by atoms with Gasteiger partial charge in [0.1, 0.15) is 55.1 Å². The van der Waals surface area contributed by atoms with Crippen molar-refractivity contribution >= 4 is 63.6 Å². The number of benzene rings is 7. The quantitative estimate of drug-likeness (QED) is 0.0217. The number of nitriles is 3. The summed E-state index contributed by atoms with van der Waals surface area (Å²) >= 11 is 0. The maximum atomic E-state index is 13.3. The molecule has 88 heavy (non-hydrogen) atoms. The molecule has 1 amide bonds. The summed E-state index contributed by atoms with van der Waals surface area (Å²) in [5.74, 6) is 0.00249. The lowest BCUT2D eigenvalue weighted by molar-refractivity contribution is -0.157. The molecule has 0 aliphatic rings. The second kappa shape index (κ2) is 33.5. The molecule has 20 nitrogen and oxygen atoms in total. The first-order valence-electron chi connectivity index (χ1n) is 28.5. The fourth-order valence-corrected chi connectivity index (χ4v) is 8.34. The molecule has 0 bridgehead atoms. The summed E-state index contributed by atoms with van der Waals surface area (Å²) in [6.07, 6.45) is 4.79. The van der Waals surface area contributed by atoms with Crippen LogP contribution in [0.25, 0.3) is 0 Å². The van der Waals surface area contributed by atoms with Gasteiger partial charge in [-0.25, -0.2) is 4.79 Å². The third-order valence-electron chi connectivity index (χ3n) is 13.9.